The van der Waals surface area contributed by atoms with Crippen LogP contribution in [0, 0.1) is 5.92 Å². The molecule has 1 aromatic carbocycles. The number of benzene rings is 1. The van der Waals surface area contributed by atoms with E-state index in [1.165, 1.54) is 16.8 Å². The highest BCUT2D eigenvalue weighted by Crippen LogP contribution is 2.33. The fourth-order valence-corrected chi connectivity index (χ4v) is 5.58. The fourth-order valence-electron chi connectivity index (χ4n) is 3.84. The van der Waals surface area contributed by atoms with Gasteiger partial charge < -0.3 is 0 Å². The number of pyridine rings is 1. The van der Waals surface area contributed by atoms with Gasteiger partial charge in [0.25, 0.3) is 10.0 Å². The van der Waals surface area contributed by atoms with E-state index in [2.05, 4.69) is 11.1 Å². The molecule has 4 nitrogen and oxygen atoms in total. The predicted octanol–water partition coefficient (Wildman–Crippen LogP) is 5.46. The van der Waals surface area contributed by atoms with Crippen molar-refractivity contribution in [2.45, 2.75) is 35.6 Å². The summed E-state index contributed by atoms with van der Waals surface area (Å²) < 4.78 is 28.0. The average molecular weight is 425 g/mol. The summed E-state index contributed by atoms with van der Waals surface area (Å²) in [4.78, 5) is 4.80. The Labute approximate surface area is 176 Å². The molecular weight excluding hydrogens is 400 g/mol. The topological polar surface area (TPSA) is 52.0 Å². The van der Waals surface area contributed by atoms with Crippen LogP contribution >= 0.6 is 11.8 Å². The van der Waals surface area contributed by atoms with Crippen molar-refractivity contribution in [2.75, 3.05) is 6.26 Å². The third-order valence-corrected chi connectivity index (χ3v) is 7.71. The van der Waals surface area contributed by atoms with Gasteiger partial charge in [0.05, 0.1) is 15.6 Å². The zero-order valence-corrected chi connectivity index (χ0v) is 18.0. The van der Waals surface area contributed by atoms with Crippen LogP contribution in [0.25, 0.3) is 5.57 Å². The van der Waals surface area contributed by atoms with E-state index < -0.39 is 10.0 Å². The number of hydrogen-bond donors (Lipinski definition) is 0. The Morgan fingerprint density at radius 1 is 1.07 bits per heavy atom. The molecule has 4 rings (SSSR count). The first-order valence-corrected chi connectivity index (χ1v) is 12.5. The summed E-state index contributed by atoms with van der Waals surface area (Å²) in [6.07, 6.45) is 12.5. The van der Waals surface area contributed by atoms with Crippen molar-refractivity contribution < 1.29 is 8.42 Å². The molecule has 6 heteroatoms. The first kappa shape index (κ1) is 20.0. The van der Waals surface area contributed by atoms with Gasteiger partial charge in [-0.1, -0.05) is 43.2 Å². The van der Waals surface area contributed by atoms with Crippen LogP contribution < -0.4 is 0 Å². The number of thioether (sulfide) groups is 1. The van der Waals surface area contributed by atoms with Crippen LogP contribution in [0.3, 0.4) is 0 Å². The van der Waals surface area contributed by atoms with Crippen LogP contribution in [0.1, 0.15) is 36.9 Å². The molecule has 0 amide bonds. The van der Waals surface area contributed by atoms with Gasteiger partial charge in [-0.05, 0) is 55.3 Å². The van der Waals surface area contributed by atoms with Crippen molar-refractivity contribution >= 4 is 27.4 Å². The second-order valence-electron chi connectivity index (χ2n) is 7.22. The van der Waals surface area contributed by atoms with Crippen LogP contribution in [0.15, 0.2) is 83.0 Å². The Balaban J connectivity index is 1.83. The van der Waals surface area contributed by atoms with Crippen molar-refractivity contribution in [1.82, 2.24) is 8.96 Å². The lowest BCUT2D eigenvalue weighted by Crippen LogP contribution is -2.15. The lowest BCUT2D eigenvalue weighted by Gasteiger charge is -2.15. The summed E-state index contributed by atoms with van der Waals surface area (Å²) in [5.74, 6) is 0.466. The molecule has 0 spiro atoms. The number of hydrogen-bond acceptors (Lipinski definition) is 4. The van der Waals surface area contributed by atoms with Gasteiger partial charge in [-0.15, -0.1) is 11.8 Å². The third-order valence-electron chi connectivity index (χ3n) is 5.35. The van der Waals surface area contributed by atoms with E-state index in [0.717, 1.165) is 29.0 Å². The Morgan fingerprint density at radius 3 is 2.48 bits per heavy atom. The smallest absolute Gasteiger partial charge is 0.249 e. The maximum absolute atomic E-state index is 13.3. The number of nitrogens with zero attached hydrogens (tertiary/aromatic N) is 2. The summed E-state index contributed by atoms with van der Waals surface area (Å²) in [5.41, 5.74) is 2.55. The van der Waals surface area contributed by atoms with Crippen LogP contribution in [-0.2, 0) is 10.0 Å². The summed E-state index contributed by atoms with van der Waals surface area (Å²) in [7, 11) is -3.67. The fraction of sp³-hybridized carbons (Fsp3) is 0.261. The highest BCUT2D eigenvalue weighted by Gasteiger charge is 2.23. The van der Waals surface area contributed by atoms with Crippen LogP contribution in [-0.4, -0.2) is 23.6 Å². The molecule has 2 heterocycles. The molecule has 0 atom stereocenters. The molecule has 1 fully saturated rings. The maximum Gasteiger partial charge on any atom is 0.268 e. The molecule has 150 valence electrons. The van der Waals surface area contributed by atoms with Gasteiger partial charge in [-0.2, -0.15) is 0 Å². The number of allylic oxidation sites excluding steroid dienone is 1. The van der Waals surface area contributed by atoms with Gasteiger partial charge in [-0.25, -0.2) is 17.4 Å². The summed E-state index contributed by atoms with van der Waals surface area (Å²) in [5, 5.41) is 0.946. The zero-order chi connectivity index (χ0) is 20.3. The van der Waals surface area contributed by atoms with E-state index >= 15 is 0 Å². The van der Waals surface area contributed by atoms with E-state index in [4.69, 9.17) is 0 Å². The molecule has 0 radical (unpaired) electrons. The lowest BCUT2D eigenvalue weighted by molar-refractivity contribution is 0.587. The zero-order valence-electron chi connectivity index (χ0n) is 16.4. The van der Waals surface area contributed by atoms with Gasteiger partial charge in [0, 0.05) is 23.5 Å². The molecule has 1 aliphatic rings. The minimum atomic E-state index is -3.67. The summed E-state index contributed by atoms with van der Waals surface area (Å²) >= 11 is 1.59. The van der Waals surface area contributed by atoms with Crippen LogP contribution in [0.5, 0.6) is 0 Å². The third kappa shape index (κ3) is 4.19. The van der Waals surface area contributed by atoms with E-state index in [1.54, 1.807) is 48.3 Å². The van der Waals surface area contributed by atoms with Crippen molar-refractivity contribution in [3.05, 3.63) is 84.3 Å². The Bertz CT molecular complexity index is 1100. The lowest BCUT2D eigenvalue weighted by atomic mass is 9.97. The molecule has 0 saturated heterocycles. The van der Waals surface area contributed by atoms with Gasteiger partial charge in [0.2, 0.25) is 0 Å². The molecular formula is C23H24N2O2S2. The number of aromatic nitrogens is 2. The first-order chi connectivity index (χ1) is 14.1. The minimum Gasteiger partial charge on any atom is -0.249 e. The molecule has 1 aliphatic carbocycles. The molecule has 0 bridgehead atoms. The summed E-state index contributed by atoms with van der Waals surface area (Å²) in [6.45, 7) is 0. The van der Waals surface area contributed by atoms with Crippen molar-refractivity contribution in [3.8, 4) is 0 Å². The van der Waals surface area contributed by atoms with Gasteiger partial charge in [0.1, 0.15) is 0 Å². The molecule has 1 saturated carbocycles. The van der Waals surface area contributed by atoms with E-state index in [0.29, 0.717) is 11.6 Å². The standard InChI is InChI=1S/C23H24N2O2S2/c1-28-23-14-13-19(17-24-23)21(16-18-8-5-6-9-18)22-12-7-15-25(22)29(26,27)20-10-3-2-4-11-20/h2-4,7,10-18H,5-6,8-9H2,1H3. The highest BCUT2D eigenvalue weighted by atomic mass is 32.2. The Morgan fingerprint density at radius 2 is 1.83 bits per heavy atom. The van der Waals surface area contributed by atoms with Crippen molar-refractivity contribution in [3.63, 3.8) is 0 Å². The Kier molecular flexibility index (Phi) is 5.92. The highest BCUT2D eigenvalue weighted by molar-refractivity contribution is 7.98. The van der Waals surface area contributed by atoms with Gasteiger partial charge >= 0.3 is 0 Å². The monoisotopic (exact) mass is 424 g/mol. The second-order valence-corrected chi connectivity index (χ2v) is 9.86. The van der Waals surface area contributed by atoms with Crippen molar-refractivity contribution in [1.29, 1.82) is 0 Å². The molecule has 2 aromatic heterocycles. The molecule has 29 heavy (non-hydrogen) atoms. The van der Waals surface area contributed by atoms with E-state index in [9.17, 15) is 8.42 Å². The van der Waals surface area contributed by atoms with Crippen molar-refractivity contribution in [2.24, 2.45) is 5.92 Å². The molecule has 3 aromatic rings. The van der Waals surface area contributed by atoms with E-state index in [1.807, 2.05) is 36.7 Å². The average Bonchev–Trinajstić information content (AvgIpc) is 3.45. The second kappa shape index (κ2) is 8.59. The minimum absolute atomic E-state index is 0.286. The van der Waals surface area contributed by atoms with Gasteiger partial charge in [0.15, 0.2) is 0 Å². The number of rotatable bonds is 6. The summed E-state index contributed by atoms with van der Waals surface area (Å²) in [6, 6.07) is 16.3. The largest absolute Gasteiger partial charge is 0.268 e. The first-order valence-electron chi connectivity index (χ1n) is 9.80. The SMILES string of the molecule is CSc1ccc(C(=CC2CCCC2)c2cccn2S(=O)(=O)c2ccccc2)cn1. The van der Waals surface area contributed by atoms with Gasteiger partial charge in [-0.3, -0.25) is 0 Å². The molecule has 0 N–H and O–H groups in total. The molecule has 0 unspecified atom stereocenters. The van der Waals surface area contributed by atoms with Crippen LogP contribution in [0.2, 0.25) is 0 Å². The quantitative estimate of drug-likeness (QED) is 0.493. The molecule has 0 aliphatic heterocycles. The van der Waals surface area contributed by atoms with E-state index in [-0.39, 0.29) is 4.90 Å². The Hall–Kier alpha value is -2.31. The predicted molar refractivity (Wildman–Crippen MR) is 119 cm³/mol. The normalized spacial score (nSPS) is 15.7. The van der Waals surface area contributed by atoms with Crippen LogP contribution in [0.4, 0.5) is 0 Å². The maximum atomic E-state index is 13.3.